The second-order valence-corrected chi connectivity index (χ2v) is 5.55. The monoisotopic (exact) mass is 238 g/mol. The lowest BCUT2D eigenvalue weighted by atomic mass is 10.0. The Morgan fingerprint density at radius 1 is 1.12 bits per heavy atom. The van der Waals surface area contributed by atoms with Crippen molar-refractivity contribution in [2.24, 2.45) is 0 Å². The van der Waals surface area contributed by atoms with Gasteiger partial charge in [0.05, 0.1) is 0 Å². The van der Waals surface area contributed by atoms with Crippen LogP contribution in [-0.2, 0) is 9.53 Å². The number of carbonyl (C=O) groups excluding carboxylic acids is 1. The van der Waals surface area contributed by atoms with Gasteiger partial charge in [0.15, 0.2) is 0 Å². The first-order valence-electron chi connectivity index (χ1n) is 6.99. The van der Waals surface area contributed by atoms with E-state index in [-0.39, 0.29) is 12.0 Å². The van der Waals surface area contributed by atoms with E-state index in [0.29, 0.717) is 6.04 Å². The summed E-state index contributed by atoms with van der Waals surface area (Å²) >= 11 is 0. The van der Waals surface area contributed by atoms with E-state index in [2.05, 4.69) is 10.2 Å². The Hall–Kier alpha value is -0.610. The molecule has 1 unspecified atom stereocenters. The van der Waals surface area contributed by atoms with E-state index in [0.717, 1.165) is 51.4 Å². The van der Waals surface area contributed by atoms with Crippen molar-refractivity contribution in [3.8, 4) is 0 Å². The molecule has 4 heteroatoms. The van der Waals surface area contributed by atoms with Gasteiger partial charge in [-0.2, -0.15) is 0 Å². The molecule has 3 aliphatic rings. The fraction of sp³-hybridized carbons (Fsp3) is 0.923. The lowest BCUT2D eigenvalue weighted by Crippen LogP contribution is -2.47. The minimum atomic E-state index is -0.170. The zero-order valence-corrected chi connectivity index (χ0v) is 10.4. The summed E-state index contributed by atoms with van der Waals surface area (Å²) in [5.74, 6) is 0.118. The Morgan fingerprint density at radius 2 is 1.88 bits per heavy atom. The largest absolute Gasteiger partial charge is 0.368 e. The lowest BCUT2D eigenvalue weighted by Gasteiger charge is -2.32. The molecule has 1 atom stereocenters. The van der Waals surface area contributed by atoms with Crippen LogP contribution in [-0.4, -0.2) is 48.7 Å². The van der Waals surface area contributed by atoms with Gasteiger partial charge in [-0.15, -0.1) is 0 Å². The van der Waals surface area contributed by atoms with E-state index < -0.39 is 0 Å². The van der Waals surface area contributed by atoms with Crippen LogP contribution in [0.2, 0.25) is 0 Å². The number of hydrogen-bond donors (Lipinski definition) is 1. The molecule has 0 aromatic heterocycles. The molecule has 1 N–H and O–H groups in total. The highest BCUT2D eigenvalue weighted by molar-refractivity contribution is 5.81. The predicted octanol–water partition coefficient (Wildman–Crippen LogP) is 0.908. The van der Waals surface area contributed by atoms with Crippen molar-refractivity contribution in [2.75, 3.05) is 19.7 Å². The van der Waals surface area contributed by atoms with Gasteiger partial charge in [0.25, 0.3) is 0 Å². The average Bonchev–Trinajstić information content (AvgIpc) is 3.05. The van der Waals surface area contributed by atoms with E-state index in [1.165, 1.54) is 12.8 Å². The normalized spacial score (nSPS) is 31.6. The summed E-state index contributed by atoms with van der Waals surface area (Å²) in [4.78, 5) is 14.5. The van der Waals surface area contributed by atoms with Crippen LogP contribution >= 0.6 is 0 Å². The van der Waals surface area contributed by atoms with Gasteiger partial charge >= 0.3 is 0 Å². The van der Waals surface area contributed by atoms with Crippen LogP contribution in [0.4, 0.5) is 0 Å². The number of carbonyl (C=O) groups is 1. The molecular weight excluding hydrogens is 216 g/mol. The number of nitrogens with zero attached hydrogens (tertiary/aromatic N) is 1. The molecule has 3 rings (SSSR count). The van der Waals surface area contributed by atoms with Crippen molar-refractivity contribution in [1.82, 2.24) is 10.2 Å². The van der Waals surface area contributed by atoms with Gasteiger partial charge in [-0.3, -0.25) is 4.79 Å². The highest BCUT2D eigenvalue weighted by Gasteiger charge is 2.33. The van der Waals surface area contributed by atoms with Crippen LogP contribution in [0.1, 0.15) is 38.5 Å². The van der Waals surface area contributed by atoms with Crippen LogP contribution < -0.4 is 5.32 Å². The van der Waals surface area contributed by atoms with Crippen molar-refractivity contribution < 1.29 is 9.53 Å². The summed E-state index contributed by atoms with van der Waals surface area (Å²) in [7, 11) is 0. The fourth-order valence-electron chi connectivity index (χ4n) is 2.93. The van der Waals surface area contributed by atoms with E-state index in [9.17, 15) is 4.79 Å². The molecular formula is C13H22N2O2. The molecule has 0 radical (unpaired) electrons. The highest BCUT2D eigenvalue weighted by atomic mass is 16.5. The zero-order valence-electron chi connectivity index (χ0n) is 10.4. The predicted molar refractivity (Wildman–Crippen MR) is 64.7 cm³/mol. The van der Waals surface area contributed by atoms with Crippen LogP contribution in [0, 0.1) is 0 Å². The molecule has 0 aromatic carbocycles. The molecule has 0 spiro atoms. The fourth-order valence-corrected chi connectivity index (χ4v) is 2.93. The van der Waals surface area contributed by atoms with Crippen LogP contribution in [0.3, 0.4) is 0 Å². The summed E-state index contributed by atoms with van der Waals surface area (Å²) in [6, 6.07) is 1.24. The van der Waals surface area contributed by atoms with E-state index in [1.807, 2.05) is 0 Å². The number of hydrogen-bond acceptors (Lipinski definition) is 3. The van der Waals surface area contributed by atoms with E-state index in [1.54, 1.807) is 0 Å². The molecule has 4 nitrogen and oxygen atoms in total. The smallest absolute Gasteiger partial charge is 0.249 e. The van der Waals surface area contributed by atoms with Crippen LogP contribution in [0.15, 0.2) is 0 Å². The molecule has 2 aliphatic heterocycles. The second-order valence-electron chi connectivity index (χ2n) is 5.55. The summed E-state index contributed by atoms with van der Waals surface area (Å²) in [5.41, 5.74) is 0. The number of amides is 1. The van der Waals surface area contributed by atoms with Crippen molar-refractivity contribution in [3.05, 3.63) is 0 Å². The Morgan fingerprint density at radius 3 is 2.47 bits per heavy atom. The topological polar surface area (TPSA) is 41.6 Å². The molecule has 0 aromatic rings. The van der Waals surface area contributed by atoms with Crippen molar-refractivity contribution in [1.29, 1.82) is 0 Å². The minimum Gasteiger partial charge on any atom is -0.368 e. The summed E-state index contributed by atoms with van der Waals surface area (Å²) in [6.45, 7) is 3.06. The maximum absolute atomic E-state index is 11.9. The first kappa shape index (κ1) is 11.5. The van der Waals surface area contributed by atoms with E-state index in [4.69, 9.17) is 4.74 Å². The molecule has 1 aliphatic carbocycles. The first-order valence-corrected chi connectivity index (χ1v) is 6.99. The maximum atomic E-state index is 11.9. The highest BCUT2D eigenvalue weighted by Crippen LogP contribution is 2.29. The molecule has 0 bridgehead atoms. The Labute approximate surface area is 103 Å². The average molecular weight is 238 g/mol. The lowest BCUT2D eigenvalue weighted by molar-refractivity contribution is -0.131. The molecule has 1 saturated carbocycles. The third-order valence-electron chi connectivity index (χ3n) is 4.16. The van der Waals surface area contributed by atoms with Crippen molar-refractivity contribution in [2.45, 2.75) is 56.7 Å². The molecule has 17 heavy (non-hydrogen) atoms. The number of nitrogens with one attached hydrogen (secondary N) is 1. The minimum absolute atomic E-state index is 0.118. The second kappa shape index (κ2) is 4.94. The molecule has 2 saturated heterocycles. The van der Waals surface area contributed by atoms with Crippen LogP contribution in [0.5, 0.6) is 0 Å². The molecule has 3 fully saturated rings. The van der Waals surface area contributed by atoms with E-state index >= 15 is 0 Å². The van der Waals surface area contributed by atoms with Gasteiger partial charge in [-0.05, 0) is 38.5 Å². The Bertz CT molecular complexity index is 277. The van der Waals surface area contributed by atoms with Crippen LogP contribution in [0.25, 0.3) is 0 Å². The molecule has 1 amide bonds. The zero-order chi connectivity index (χ0) is 11.7. The standard InChI is InChI=1S/C13H22N2O2/c16-13(12-2-1-9-17-12)14-10-5-7-15(8-6-10)11-3-4-11/h10-12H,1-9H2,(H,14,16). The van der Waals surface area contributed by atoms with Gasteiger partial charge in [-0.1, -0.05) is 0 Å². The Kier molecular flexibility index (Phi) is 3.34. The quantitative estimate of drug-likeness (QED) is 0.794. The Balaban J connectivity index is 1.41. The number of likely N-dealkylation sites (tertiary alicyclic amines) is 1. The first-order chi connectivity index (χ1) is 8.33. The number of rotatable bonds is 3. The summed E-state index contributed by atoms with van der Waals surface area (Å²) in [5, 5.41) is 3.15. The summed E-state index contributed by atoms with van der Waals surface area (Å²) < 4.78 is 5.40. The van der Waals surface area contributed by atoms with Gasteiger partial charge in [-0.25, -0.2) is 0 Å². The third-order valence-corrected chi connectivity index (χ3v) is 4.16. The SMILES string of the molecule is O=C(NC1CCN(C2CC2)CC1)C1CCCO1. The third kappa shape index (κ3) is 2.80. The molecule has 2 heterocycles. The van der Waals surface area contributed by atoms with Crippen molar-refractivity contribution in [3.63, 3.8) is 0 Å². The van der Waals surface area contributed by atoms with Gasteiger partial charge in [0.1, 0.15) is 6.10 Å². The van der Waals surface area contributed by atoms with Gasteiger partial charge in [0, 0.05) is 31.8 Å². The van der Waals surface area contributed by atoms with Crippen molar-refractivity contribution >= 4 is 5.91 Å². The maximum Gasteiger partial charge on any atom is 0.249 e. The van der Waals surface area contributed by atoms with Gasteiger partial charge in [0.2, 0.25) is 5.91 Å². The number of piperidine rings is 1. The summed E-state index contributed by atoms with van der Waals surface area (Å²) in [6.07, 6.45) is 6.73. The molecule has 96 valence electrons. The van der Waals surface area contributed by atoms with Gasteiger partial charge < -0.3 is 15.0 Å². The number of ether oxygens (including phenoxy) is 1.